The Morgan fingerprint density at radius 3 is 2.73 bits per heavy atom. The predicted octanol–water partition coefficient (Wildman–Crippen LogP) is 2.75. The van der Waals surface area contributed by atoms with Gasteiger partial charge in [0.1, 0.15) is 0 Å². The summed E-state index contributed by atoms with van der Waals surface area (Å²) in [5.41, 5.74) is 7.24. The normalized spacial score (nSPS) is 28.5. The van der Waals surface area contributed by atoms with Gasteiger partial charge in [0, 0.05) is 23.2 Å². The average molecular weight is 251 g/mol. The van der Waals surface area contributed by atoms with Gasteiger partial charge in [0.25, 0.3) is 0 Å². The fraction of sp³-hybridized carbons (Fsp3) is 0.818. The van der Waals surface area contributed by atoms with Gasteiger partial charge in [-0.1, -0.05) is 36.0 Å². The van der Waals surface area contributed by atoms with Crippen LogP contribution in [0, 0.1) is 5.92 Å². The van der Waals surface area contributed by atoms with Crippen molar-refractivity contribution < 1.29 is 0 Å². The standard InChI is InChI=1S/C11H20Cl2N2/c1-15(8-10(13)6-12)11-5-3-2-4-9(11)7-14/h6,9,11H,2-5,7-8,14H2,1H3. The van der Waals surface area contributed by atoms with Gasteiger partial charge in [-0.15, -0.1) is 0 Å². The zero-order chi connectivity index (χ0) is 11.3. The number of hydrogen-bond donors (Lipinski definition) is 1. The number of hydrogen-bond acceptors (Lipinski definition) is 2. The molecule has 15 heavy (non-hydrogen) atoms. The molecule has 0 aromatic rings. The van der Waals surface area contributed by atoms with E-state index in [1.54, 1.807) is 0 Å². The monoisotopic (exact) mass is 250 g/mol. The predicted molar refractivity (Wildman–Crippen MR) is 67.2 cm³/mol. The maximum Gasteiger partial charge on any atom is 0.0434 e. The van der Waals surface area contributed by atoms with E-state index < -0.39 is 0 Å². The van der Waals surface area contributed by atoms with Crippen molar-refractivity contribution >= 4 is 23.2 Å². The van der Waals surface area contributed by atoms with Crippen LogP contribution in [0.4, 0.5) is 0 Å². The van der Waals surface area contributed by atoms with Crippen molar-refractivity contribution in [3.05, 3.63) is 10.6 Å². The Morgan fingerprint density at radius 2 is 2.13 bits per heavy atom. The second-order valence-corrected chi connectivity index (χ2v) is 5.02. The molecule has 0 spiro atoms. The summed E-state index contributed by atoms with van der Waals surface area (Å²) in [4.78, 5) is 2.28. The van der Waals surface area contributed by atoms with Crippen LogP contribution in [-0.2, 0) is 0 Å². The van der Waals surface area contributed by atoms with Crippen LogP contribution < -0.4 is 5.73 Å². The molecule has 0 radical (unpaired) electrons. The molecule has 2 nitrogen and oxygen atoms in total. The van der Waals surface area contributed by atoms with E-state index >= 15 is 0 Å². The maximum atomic E-state index is 5.93. The molecule has 4 heteroatoms. The van der Waals surface area contributed by atoms with Crippen molar-refractivity contribution in [2.45, 2.75) is 31.7 Å². The summed E-state index contributed by atoms with van der Waals surface area (Å²) in [6, 6.07) is 0.564. The van der Waals surface area contributed by atoms with E-state index in [0.717, 1.165) is 13.1 Å². The lowest BCUT2D eigenvalue weighted by atomic mass is 9.84. The van der Waals surface area contributed by atoms with Crippen molar-refractivity contribution in [1.82, 2.24) is 4.90 Å². The second kappa shape index (κ2) is 6.74. The molecule has 1 fully saturated rings. The van der Waals surface area contributed by atoms with Gasteiger partial charge < -0.3 is 5.73 Å². The Kier molecular flexibility index (Phi) is 5.98. The first kappa shape index (κ1) is 13.3. The summed E-state index contributed by atoms with van der Waals surface area (Å²) >= 11 is 11.5. The van der Waals surface area contributed by atoms with E-state index in [4.69, 9.17) is 28.9 Å². The lowest BCUT2D eigenvalue weighted by Crippen LogP contribution is -2.43. The molecule has 2 atom stereocenters. The molecular formula is C11H20Cl2N2. The maximum absolute atomic E-state index is 5.93. The molecule has 0 aromatic carbocycles. The van der Waals surface area contributed by atoms with Gasteiger partial charge in [0.15, 0.2) is 0 Å². The minimum Gasteiger partial charge on any atom is -0.330 e. The molecule has 1 rings (SSSR count). The van der Waals surface area contributed by atoms with Crippen molar-refractivity contribution in [1.29, 1.82) is 0 Å². The summed E-state index contributed by atoms with van der Waals surface area (Å²) in [5.74, 6) is 0.614. The average Bonchev–Trinajstić information content (AvgIpc) is 2.28. The van der Waals surface area contributed by atoms with E-state index in [2.05, 4.69) is 11.9 Å². The Bertz CT molecular complexity index is 219. The van der Waals surface area contributed by atoms with E-state index in [1.807, 2.05) is 0 Å². The number of nitrogens with two attached hydrogens (primary N) is 1. The number of rotatable bonds is 4. The molecule has 0 saturated heterocycles. The van der Waals surface area contributed by atoms with Gasteiger partial charge >= 0.3 is 0 Å². The molecule has 1 saturated carbocycles. The van der Waals surface area contributed by atoms with Gasteiger partial charge in [-0.3, -0.25) is 4.90 Å². The third-order valence-electron chi connectivity index (χ3n) is 3.26. The smallest absolute Gasteiger partial charge is 0.0434 e. The lowest BCUT2D eigenvalue weighted by molar-refractivity contribution is 0.145. The van der Waals surface area contributed by atoms with Gasteiger partial charge in [-0.25, -0.2) is 0 Å². The highest BCUT2D eigenvalue weighted by atomic mass is 35.5. The van der Waals surface area contributed by atoms with Crippen LogP contribution in [0.25, 0.3) is 0 Å². The largest absolute Gasteiger partial charge is 0.330 e. The molecule has 0 aromatic heterocycles. The van der Waals surface area contributed by atoms with Crippen molar-refractivity contribution in [3.63, 3.8) is 0 Å². The Balaban J connectivity index is 2.51. The minimum absolute atomic E-state index is 0.564. The fourth-order valence-electron chi connectivity index (χ4n) is 2.43. The van der Waals surface area contributed by atoms with Gasteiger partial charge in [-0.05, 0) is 32.4 Å². The van der Waals surface area contributed by atoms with Gasteiger partial charge in [0.05, 0.1) is 0 Å². The Morgan fingerprint density at radius 1 is 1.47 bits per heavy atom. The zero-order valence-electron chi connectivity index (χ0n) is 9.26. The van der Waals surface area contributed by atoms with Crippen molar-refractivity contribution in [3.8, 4) is 0 Å². The molecule has 0 aliphatic heterocycles. The molecular weight excluding hydrogens is 231 g/mol. The van der Waals surface area contributed by atoms with E-state index in [0.29, 0.717) is 17.0 Å². The summed E-state index contributed by atoms with van der Waals surface area (Å²) in [6.07, 6.45) is 5.08. The fourth-order valence-corrected chi connectivity index (χ4v) is 2.69. The highest BCUT2D eigenvalue weighted by Gasteiger charge is 2.27. The van der Waals surface area contributed by atoms with Crippen LogP contribution in [0.1, 0.15) is 25.7 Å². The first-order valence-electron chi connectivity index (χ1n) is 5.54. The molecule has 1 aliphatic rings. The Hall–Kier alpha value is 0.240. The first-order valence-corrected chi connectivity index (χ1v) is 6.35. The van der Waals surface area contributed by atoms with Crippen LogP contribution in [0.2, 0.25) is 0 Å². The van der Waals surface area contributed by atoms with Crippen LogP contribution in [0.15, 0.2) is 10.6 Å². The highest BCUT2D eigenvalue weighted by molar-refractivity contribution is 6.36. The third kappa shape index (κ3) is 3.95. The number of nitrogens with zero attached hydrogens (tertiary/aromatic N) is 1. The molecule has 0 heterocycles. The second-order valence-electron chi connectivity index (χ2n) is 4.32. The van der Waals surface area contributed by atoms with E-state index in [1.165, 1.54) is 31.2 Å². The van der Waals surface area contributed by atoms with Crippen LogP contribution >= 0.6 is 23.2 Å². The SMILES string of the molecule is CN(CC(Cl)=CCl)C1CCCCC1CN. The first-order chi connectivity index (χ1) is 7.19. The minimum atomic E-state index is 0.564. The van der Waals surface area contributed by atoms with E-state index in [-0.39, 0.29) is 0 Å². The van der Waals surface area contributed by atoms with Gasteiger partial charge in [0.2, 0.25) is 0 Å². The van der Waals surface area contributed by atoms with Crippen LogP contribution in [0.5, 0.6) is 0 Å². The zero-order valence-corrected chi connectivity index (χ0v) is 10.8. The number of halogens is 2. The summed E-state index contributed by atoms with van der Waals surface area (Å²) in [7, 11) is 2.10. The molecule has 0 amide bonds. The Labute approximate surface area is 102 Å². The molecule has 0 bridgehead atoms. The highest BCUT2D eigenvalue weighted by Crippen LogP contribution is 2.27. The van der Waals surface area contributed by atoms with Gasteiger partial charge in [-0.2, -0.15) is 0 Å². The summed E-state index contributed by atoms with van der Waals surface area (Å²) < 4.78 is 0. The lowest BCUT2D eigenvalue weighted by Gasteiger charge is -2.37. The van der Waals surface area contributed by atoms with E-state index in [9.17, 15) is 0 Å². The van der Waals surface area contributed by atoms with Crippen LogP contribution in [-0.4, -0.2) is 31.1 Å². The summed E-state index contributed by atoms with van der Waals surface area (Å²) in [5, 5.41) is 0.695. The molecule has 1 aliphatic carbocycles. The summed E-state index contributed by atoms with van der Waals surface area (Å²) in [6.45, 7) is 1.50. The number of likely N-dealkylation sites (N-methyl/N-ethyl adjacent to an activating group) is 1. The quantitative estimate of drug-likeness (QED) is 0.832. The molecule has 2 N–H and O–H groups in total. The topological polar surface area (TPSA) is 29.3 Å². The molecule has 88 valence electrons. The van der Waals surface area contributed by atoms with Crippen molar-refractivity contribution in [2.24, 2.45) is 11.7 Å². The molecule has 2 unspecified atom stereocenters. The third-order valence-corrected chi connectivity index (χ3v) is 3.86. The van der Waals surface area contributed by atoms with Crippen LogP contribution in [0.3, 0.4) is 0 Å². The van der Waals surface area contributed by atoms with Crippen molar-refractivity contribution in [2.75, 3.05) is 20.1 Å².